The Morgan fingerprint density at radius 3 is 3.07 bits per heavy atom. The van der Waals surface area contributed by atoms with Crippen LogP contribution in [-0.2, 0) is 4.79 Å². The maximum absolute atomic E-state index is 11.3. The lowest BCUT2D eigenvalue weighted by Gasteiger charge is -2.06. The zero-order valence-corrected chi connectivity index (χ0v) is 9.21. The summed E-state index contributed by atoms with van der Waals surface area (Å²) in [4.78, 5) is 15.2. The molecule has 0 aliphatic rings. The van der Waals surface area contributed by atoms with Crippen molar-refractivity contribution >= 4 is 23.2 Å². The summed E-state index contributed by atoms with van der Waals surface area (Å²) in [5.41, 5.74) is 1.44. The van der Waals surface area contributed by atoms with Crippen molar-refractivity contribution < 1.29 is 9.90 Å². The summed E-state index contributed by atoms with van der Waals surface area (Å²) >= 11 is 5.80. The molecule has 0 saturated carbocycles. The standard InChI is InChI=1S/C10H13ClN2O2/c1-7-5-8(10(11)12-6-7)13-9(15)3-2-4-14/h5-6,14H,2-4H2,1H3,(H,13,15). The van der Waals surface area contributed by atoms with Gasteiger partial charge in [-0.25, -0.2) is 4.98 Å². The van der Waals surface area contributed by atoms with Crippen molar-refractivity contribution in [1.82, 2.24) is 4.98 Å². The van der Waals surface area contributed by atoms with Crippen LogP contribution in [0.4, 0.5) is 5.69 Å². The van der Waals surface area contributed by atoms with E-state index >= 15 is 0 Å². The van der Waals surface area contributed by atoms with Gasteiger partial charge in [-0.05, 0) is 25.0 Å². The largest absolute Gasteiger partial charge is 0.396 e. The minimum atomic E-state index is -0.168. The lowest BCUT2D eigenvalue weighted by molar-refractivity contribution is -0.116. The third kappa shape index (κ3) is 3.85. The predicted octanol–water partition coefficient (Wildman–Crippen LogP) is 1.75. The summed E-state index contributed by atoms with van der Waals surface area (Å²) in [6.45, 7) is 1.87. The van der Waals surface area contributed by atoms with E-state index in [9.17, 15) is 4.79 Å². The van der Waals surface area contributed by atoms with Gasteiger partial charge < -0.3 is 10.4 Å². The van der Waals surface area contributed by atoms with Crippen molar-refractivity contribution in [2.45, 2.75) is 19.8 Å². The number of anilines is 1. The van der Waals surface area contributed by atoms with Crippen LogP contribution in [0.5, 0.6) is 0 Å². The quantitative estimate of drug-likeness (QED) is 0.772. The molecule has 0 fully saturated rings. The van der Waals surface area contributed by atoms with Crippen molar-refractivity contribution in [3.63, 3.8) is 0 Å². The summed E-state index contributed by atoms with van der Waals surface area (Å²) < 4.78 is 0. The molecule has 1 heterocycles. The zero-order chi connectivity index (χ0) is 11.3. The van der Waals surface area contributed by atoms with Gasteiger partial charge in [0, 0.05) is 19.2 Å². The van der Waals surface area contributed by atoms with Gasteiger partial charge in [-0.1, -0.05) is 11.6 Å². The lowest BCUT2D eigenvalue weighted by Crippen LogP contribution is -2.12. The first kappa shape index (κ1) is 11.9. The summed E-state index contributed by atoms with van der Waals surface area (Å²) in [7, 11) is 0. The average molecular weight is 229 g/mol. The molecule has 15 heavy (non-hydrogen) atoms. The molecule has 0 aromatic carbocycles. The summed E-state index contributed by atoms with van der Waals surface area (Å²) in [6, 6.07) is 1.76. The Kier molecular flexibility index (Phi) is 4.52. The van der Waals surface area contributed by atoms with Crippen molar-refractivity contribution in [3.8, 4) is 0 Å². The minimum Gasteiger partial charge on any atom is -0.396 e. The molecule has 1 amide bonds. The number of nitrogens with zero attached hydrogens (tertiary/aromatic N) is 1. The Hall–Kier alpha value is -1.13. The number of aromatic nitrogens is 1. The highest BCUT2D eigenvalue weighted by molar-refractivity contribution is 6.32. The normalized spacial score (nSPS) is 10.1. The van der Waals surface area contributed by atoms with Gasteiger partial charge in [0.2, 0.25) is 5.91 Å². The molecule has 5 heteroatoms. The number of rotatable bonds is 4. The number of aryl methyl sites for hydroxylation is 1. The van der Waals surface area contributed by atoms with E-state index in [0.29, 0.717) is 12.1 Å². The van der Waals surface area contributed by atoms with Gasteiger partial charge >= 0.3 is 0 Å². The maximum Gasteiger partial charge on any atom is 0.224 e. The van der Waals surface area contributed by atoms with Crippen LogP contribution in [0.2, 0.25) is 5.15 Å². The Balaban J connectivity index is 2.63. The van der Waals surface area contributed by atoms with E-state index in [1.54, 1.807) is 12.3 Å². The molecular formula is C10H13ClN2O2. The lowest BCUT2D eigenvalue weighted by atomic mass is 10.2. The summed E-state index contributed by atoms with van der Waals surface area (Å²) in [5.74, 6) is -0.168. The number of pyridine rings is 1. The highest BCUT2D eigenvalue weighted by Gasteiger charge is 2.06. The Labute approximate surface area is 93.3 Å². The molecule has 0 bridgehead atoms. The van der Waals surface area contributed by atoms with E-state index in [2.05, 4.69) is 10.3 Å². The number of hydrogen-bond donors (Lipinski definition) is 2. The van der Waals surface area contributed by atoms with E-state index in [1.165, 1.54) is 0 Å². The molecule has 0 aliphatic carbocycles. The second-order valence-electron chi connectivity index (χ2n) is 3.23. The summed E-state index contributed by atoms with van der Waals surface area (Å²) in [6.07, 6.45) is 2.36. The summed E-state index contributed by atoms with van der Waals surface area (Å²) in [5, 5.41) is 11.5. The number of hydrogen-bond acceptors (Lipinski definition) is 3. The fourth-order valence-corrected chi connectivity index (χ4v) is 1.24. The molecule has 0 atom stereocenters. The number of aliphatic hydroxyl groups excluding tert-OH is 1. The van der Waals surface area contributed by atoms with E-state index in [1.807, 2.05) is 6.92 Å². The fraction of sp³-hybridized carbons (Fsp3) is 0.400. The number of nitrogens with one attached hydrogen (secondary N) is 1. The van der Waals surface area contributed by atoms with E-state index < -0.39 is 0 Å². The Morgan fingerprint density at radius 1 is 1.67 bits per heavy atom. The van der Waals surface area contributed by atoms with Gasteiger partial charge in [0.1, 0.15) is 0 Å². The molecule has 1 aromatic heterocycles. The predicted molar refractivity (Wildman–Crippen MR) is 58.9 cm³/mol. The third-order valence-electron chi connectivity index (χ3n) is 1.81. The number of halogens is 1. The van der Waals surface area contributed by atoms with Gasteiger partial charge in [-0.15, -0.1) is 0 Å². The van der Waals surface area contributed by atoms with Crippen LogP contribution in [0, 0.1) is 6.92 Å². The molecule has 0 radical (unpaired) electrons. The van der Waals surface area contributed by atoms with Crippen molar-refractivity contribution in [2.24, 2.45) is 0 Å². The maximum atomic E-state index is 11.3. The first-order chi connectivity index (χ1) is 7.13. The number of carbonyl (C=O) groups is 1. The Bertz CT molecular complexity index is 355. The van der Waals surface area contributed by atoms with Crippen LogP contribution in [-0.4, -0.2) is 22.6 Å². The number of aliphatic hydroxyl groups is 1. The SMILES string of the molecule is Cc1cnc(Cl)c(NC(=O)CCCO)c1. The first-order valence-corrected chi connectivity index (χ1v) is 5.04. The molecular weight excluding hydrogens is 216 g/mol. The zero-order valence-electron chi connectivity index (χ0n) is 8.46. The first-order valence-electron chi connectivity index (χ1n) is 4.66. The topological polar surface area (TPSA) is 62.2 Å². The Morgan fingerprint density at radius 2 is 2.40 bits per heavy atom. The van der Waals surface area contributed by atoms with Gasteiger partial charge in [0.25, 0.3) is 0 Å². The van der Waals surface area contributed by atoms with E-state index in [4.69, 9.17) is 16.7 Å². The van der Waals surface area contributed by atoms with Gasteiger partial charge in [0.15, 0.2) is 5.15 Å². The monoisotopic (exact) mass is 228 g/mol. The van der Waals surface area contributed by atoms with Crippen LogP contribution in [0.3, 0.4) is 0 Å². The number of amides is 1. The second kappa shape index (κ2) is 5.68. The van der Waals surface area contributed by atoms with Crippen molar-refractivity contribution in [2.75, 3.05) is 11.9 Å². The van der Waals surface area contributed by atoms with E-state index in [0.717, 1.165) is 5.56 Å². The molecule has 2 N–H and O–H groups in total. The van der Waals surface area contributed by atoms with Crippen molar-refractivity contribution in [1.29, 1.82) is 0 Å². The third-order valence-corrected chi connectivity index (χ3v) is 2.11. The number of carbonyl (C=O) groups excluding carboxylic acids is 1. The van der Waals surface area contributed by atoms with E-state index in [-0.39, 0.29) is 24.1 Å². The molecule has 0 saturated heterocycles. The minimum absolute atomic E-state index is 0.00716. The smallest absolute Gasteiger partial charge is 0.224 e. The van der Waals surface area contributed by atoms with Gasteiger partial charge in [-0.2, -0.15) is 0 Å². The second-order valence-corrected chi connectivity index (χ2v) is 3.58. The fourth-order valence-electron chi connectivity index (χ4n) is 1.09. The molecule has 82 valence electrons. The average Bonchev–Trinajstić information content (AvgIpc) is 2.20. The van der Waals surface area contributed by atoms with Crippen LogP contribution < -0.4 is 5.32 Å². The van der Waals surface area contributed by atoms with Gasteiger partial charge in [0.05, 0.1) is 5.69 Å². The van der Waals surface area contributed by atoms with Gasteiger partial charge in [-0.3, -0.25) is 4.79 Å². The highest BCUT2D eigenvalue weighted by atomic mass is 35.5. The van der Waals surface area contributed by atoms with Crippen LogP contribution in [0.15, 0.2) is 12.3 Å². The van der Waals surface area contributed by atoms with Crippen LogP contribution in [0.25, 0.3) is 0 Å². The molecule has 0 unspecified atom stereocenters. The highest BCUT2D eigenvalue weighted by Crippen LogP contribution is 2.19. The molecule has 4 nitrogen and oxygen atoms in total. The van der Waals surface area contributed by atoms with Crippen LogP contribution in [0.1, 0.15) is 18.4 Å². The molecule has 1 aromatic rings. The molecule has 0 aliphatic heterocycles. The van der Waals surface area contributed by atoms with Crippen molar-refractivity contribution in [3.05, 3.63) is 23.0 Å². The molecule has 0 spiro atoms. The van der Waals surface area contributed by atoms with Crippen LogP contribution >= 0.6 is 11.6 Å². The molecule has 1 rings (SSSR count).